The van der Waals surface area contributed by atoms with Crippen LogP contribution in [0.4, 0.5) is 0 Å². The second kappa shape index (κ2) is 8.85. The molecule has 7 nitrogen and oxygen atoms in total. The van der Waals surface area contributed by atoms with Gasteiger partial charge in [-0.1, -0.05) is 42.0 Å². The van der Waals surface area contributed by atoms with Crippen molar-refractivity contribution in [3.63, 3.8) is 0 Å². The molecule has 0 aliphatic rings. The number of hydrogen-bond donors (Lipinski definition) is 1. The highest BCUT2D eigenvalue weighted by molar-refractivity contribution is 7.71. The van der Waals surface area contributed by atoms with Gasteiger partial charge in [0.25, 0.3) is 0 Å². The number of hydrogen-bond acceptors (Lipinski definition) is 4. The number of amides is 1. The van der Waals surface area contributed by atoms with Crippen LogP contribution < -0.4 is 0 Å². The van der Waals surface area contributed by atoms with Gasteiger partial charge in [-0.25, -0.2) is 4.98 Å². The third-order valence-electron chi connectivity index (χ3n) is 5.47. The van der Waals surface area contributed by atoms with Gasteiger partial charge in [-0.15, -0.1) is 0 Å². The summed E-state index contributed by atoms with van der Waals surface area (Å²) in [7, 11) is 1.82. The van der Waals surface area contributed by atoms with Gasteiger partial charge in [0, 0.05) is 32.1 Å². The molecule has 0 atom stereocenters. The van der Waals surface area contributed by atoms with Crippen molar-refractivity contribution in [3.05, 3.63) is 64.7 Å². The number of carbonyl (C=O) groups excluding carboxylic acids is 1. The summed E-state index contributed by atoms with van der Waals surface area (Å²) in [6.45, 7) is 5.87. The number of benzene rings is 2. The number of fused-ring (bicyclic) bond motifs is 1. The lowest BCUT2D eigenvalue weighted by Crippen LogP contribution is -2.28. The number of aromatic nitrogens is 5. The van der Waals surface area contributed by atoms with E-state index in [2.05, 4.69) is 27.8 Å². The molecule has 4 rings (SSSR count). The van der Waals surface area contributed by atoms with Crippen molar-refractivity contribution in [2.45, 2.75) is 39.9 Å². The van der Waals surface area contributed by atoms with Gasteiger partial charge < -0.3 is 9.47 Å². The van der Waals surface area contributed by atoms with Crippen LogP contribution in [0.2, 0.25) is 0 Å². The number of aryl methyl sites for hydroxylation is 2. The van der Waals surface area contributed by atoms with E-state index in [1.807, 2.05) is 61.0 Å². The molecule has 0 saturated heterocycles. The van der Waals surface area contributed by atoms with Gasteiger partial charge in [-0.3, -0.25) is 14.5 Å². The molecule has 0 radical (unpaired) electrons. The van der Waals surface area contributed by atoms with Crippen LogP contribution in [0.1, 0.15) is 24.7 Å². The lowest BCUT2D eigenvalue weighted by Gasteiger charge is -2.18. The van der Waals surface area contributed by atoms with Crippen molar-refractivity contribution in [1.82, 2.24) is 29.2 Å². The van der Waals surface area contributed by atoms with E-state index in [9.17, 15) is 4.79 Å². The maximum atomic E-state index is 12.9. The zero-order chi connectivity index (χ0) is 22.0. The van der Waals surface area contributed by atoms with Gasteiger partial charge in [0.05, 0.1) is 17.6 Å². The zero-order valence-electron chi connectivity index (χ0n) is 18.0. The third kappa shape index (κ3) is 4.29. The Bertz CT molecular complexity index is 1270. The lowest BCUT2D eigenvalue weighted by atomic mass is 10.1. The molecule has 2 heterocycles. The predicted molar refractivity (Wildman–Crippen MR) is 124 cm³/mol. The molecule has 0 spiro atoms. The summed E-state index contributed by atoms with van der Waals surface area (Å²) >= 11 is 5.40. The molecular weight excluding hydrogens is 408 g/mol. The van der Waals surface area contributed by atoms with Crippen molar-refractivity contribution < 1.29 is 4.79 Å². The molecule has 8 heteroatoms. The highest BCUT2D eigenvalue weighted by Crippen LogP contribution is 2.19. The summed E-state index contributed by atoms with van der Waals surface area (Å²) in [5, 5.41) is 7.21. The molecule has 2 aromatic heterocycles. The minimum absolute atomic E-state index is 0.0349. The third-order valence-corrected chi connectivity index (χ3v) is 5.78. The summed E-state index contributed by atoms with van der Waals surface area (Å²) < 4.78 is 4.55. The van der Waals surface area contributed by atoms with Gasteiger partial charge in [0.2, 0.25) is 5.91 Å². The Morgan fingerprint density at radius 2 is 1.87 bits per heavy atom. The molecule has 4 aromatic rings. The van der Waals surface area contributed by atoms with E-state index in [0.29, 0.717) is 24.3 Å². The summed E-state index contributed by atoms with van der Waals surface area (Å²) in [6.07, 6.45) is 0.329. The highest BCUT2D eigenvalue weighted by Gasteiger charge is 2.16. The summed E-state index contributed by atoms with van der Waals surface area (Å²) in [6, 6.07) is 16.2. The molecular formula is C23H26N6OS. The molecule has 1 amide bonds. The molecule has 0 saturated carbocycles. The SMILES string of the molecule is CCn1c(CN(C)C(=O)CCn2c(-c3ccc(C)cc3)n[nH]c2=S)nc2ccccc21. The van der Waals surface area contributed by atoms with E-state index in [4.69, 9.17) is 17.2 Å². The smallest absolute Gasteiger partial charge is 0.224 e. The minimum Gasteiger partial charge on any atom is -0.338 e. The van der Waals surface area contributed by atoms with E-state index < -0.39 is 0 Å². The van der Waals surface area contributed by atoms with Gasteiger partial charge >= 0.3 is 0 Å². The van der Waals surface area contributed by atoms with Crippen LogP contribution in [0.3, 0.4) is 0 Å². The van der Waals surface area contributed by atoms with E-state index in [-0.39, 0.29) is 5.91 Å². The van der Waals surface area contributed by atoms with Crippen molar-refractivity contribution in [2.75, 3.05) is 7.05 Å². The summed E-state index contributed by atoms with van der Waals surface area (Å²) in [5.41, 5.74) is 4.19. The normalized spacial score (nSPS) is 11.2. The molecule has 0 fully saturated rings. The lowest BCUT2D eigenvalue weighted by molar-refractivity contribution is -0.130. The van der Waals surface area contributed by atoms with E-state index in [0.717, 1.165) is 34.8 Å². The first kappa shape index (κ1) is 21.0. The maximum Gasteiger partial charge on any atom is 0.224 e. The van der Waals surface area contributed by atoms with Crippen molar-refractivity contribution in [2.24, 2.45) is 0 Å². The summed E-state index contributed by atoms with van der Waals surface area (Å²) in [5.74, 6) is 1.67. The Kier molecular flexibility index (Phi) is 5.99. The Morgan fingerprint density at radius 1 is 1.13 bits per heavy atom. The molecule has 0 bridgehead atoms. The molecule has 2 aromatic carbocycles. The fraction of sp³-hybridized carbons (Fsp3) is 0.304. The molecule has 31 heavy (non-hydrogen) atoms. The Morgan fingerprint density at radius 3 is 2.61 bits per heavy atom. The van der Waals surface area contributed by atoms with E-state index >= 15 is 0 Å². The number of H-pyrrole nitrogens is 1. The van der Waals surface area contributed by atoms with Gasteiger partial charge in [-0.2, -0.15) is 5.10 Å². The predicted octanol–water partition coefficient (Wildman–Crippen LogP) is 4.33. The number of nitrogens with one attached hydrogen (secondary N) is 1. The number of para-hydroxylation sites is 2. The van der Waals surface area contributed by atoms with Gasteiger partial charge in [0.1, 0.15) is 5.82 Å². The minimum atomic E-state index is 0.0349. The first-order valence-electron chi connectivity index (χ1n) is 10.4. The largest absolute Gasteiger partial charge is 0.338 e. The van der Waals surface area contributed by atoms with E-state index in [1.165, 1.54) is 5.56 Å². The first-order chi connectivity index (χ1) is 15.0. The first-order valence-corrected chi connectivity index (χ1v) is 10.8. The number of rotatable bonds is 7. The molecule has 0 unspecified atom stereocenters. The highest BCUT2D eigenvalue weighted by atomic mass is 32.1. The topological polar surface area (TPSA) is 71.7 Å². The molecule has 0 aliphatic carbocycles. The van der Waals surface area contributed by atoms with Crippen LogP contribution in [0.5, 0.6) is 0 Å². The molecule has 0 aliphatic heterocycles. The molecule has 1 N–H and O–H groups in total. The second-order valence-corrected chi connectivity index (χ2v) is 8.02. The van der Waals surface area contributed by atoms with Crippen LogP contribution >= 0.6 is 12.2 Å². The summed E-state index contributed by atoms with van der Waals surface area (Å²) in [4.78, 5) is 19.3. The number of aromatic amines is 1. The average molecular weight is 435 g/mol. The molecule has 160 valence electrons. The van der Waals surface area contributed by atoms with Crippen LogP contribution in [0, 0.1) is 11.7 Å². The average Bonchev–Trinajstić information content (AvgIpc) is 3.31. The fourth-order valence-electron chi connectivity index (χ4n) is 3.75. The van der Waals surface area contributed by atoms with Crippen LogP contribution in [0.25, 0.3) is 22.4 Å². The Balaban J connectivity index is 1.47. The Labute approximate surface area is 186 Å². The number of imidazole rings is 1. The zero-order valence-corrected chi connectivity index (χ0v) is 18.8. The maximum absolute atomic E-state index is 12.9. The monoisotopic (exact) mass is 434 g/mol. The van der Waals surface area contributed by atoms with Gasteiger partial charge in [0.15, 0.2) is 10.6 Å². The number of carbonyl (C=O) groups is 1. The van der Waals surface area contributed by atoms with Crippen LogP contribution in [-0.4, -0.2) is 42.2 Å². The standard InChI is InChI=1S/C23H26N6OS/c1-4-28-19-8-6-5-7-18(19)24-20(28)15-27(3)21(30)13-14-29-22(25-26-23(29)31)17-11-9-16(2)10-12-17/h5-12H,4,13-15H2,1-3H3,(H,26,31). The van der Waals surface area contributed by atoms with Crippen molar-refractivity contribution in [3.8, 4) is 11.4 Å². The van der Waals surface area contributed by atoms with Gasteiger partial charge in [-0.05, 0) is 38.2 Å². The fourth-order valence-corrected chi connectivity index (χ4v) is 3.97. The number of nitrogens with zero attached hydrogens (tertiary/aromatic N) is 5. The van der Waals surface area contributed by atoms with Crippen LogP contribution in [0.15, 0.2) is 48.5 Å². The second-order valence-electron chi connectivity index (χ2n) is 7.63. The van der Waals surface area contributed by atoms with Crippen molar-refractivity contribution >= 4 is 29.2 Å². The Hall–Kier alpha value is -3.26. The van der Waals surface area contributed by atoms with Crippen LogP contribution in [-0.2, 0) is 24.4 Å². The van der Waals surface area contributed by atoms with E-state index in [1.54, 1.807) is 4.90 Å². The van der Waals surface area contributed by atoms with Crippen molar-refractivity contribution in [1.29, 1.82) is 0 Å². The quantitative estimate of drug-likeness (QED) is 0.439.